The molecule has 10 heteroatoms. The number of ether oxygens (including phenoxy) is 2. The number of phosphoric ester groups is 1. The molecule has 0 saturated carbocycles. The molecular formula is C65H121NO8P+. The molecule has 0 rings (SSSR count). The molecule has 0 bridgehead atoms. The lowest BCUT2D eigenvalue weighted by Crippen LogP contribution is -2.37. The number of carbonyl (C=O) groups is 2. The Morgan fingerprint density at radius 1 is 0.427 bits per heavy atom. The van der Waals surface area contributed by atoms with Gasteiger partial charge in [-0.15, -0.1) is 0 Å². The number of carbonyl (C=O) groups excluding carboxylic acids is 2. The first kappa shape index (κ1) is 72.7. The number of rotatable bonds is 58. The fraction of sp³-hybridized carbons (Fsp3) is 0.815. The molecule has 0 aliphatic carbocycles. The molecule has 0 aromatic carbocycles. The molecule has 0 fully saturated rings. The van der Waals surface area contributed by atoms with Crippen molar-refractivity contribution in [2.75, 3.05) is 47.5 Å². The van der Waals surface area contributed by atoms with Gasteiger partial charge in [-0.25, -0.2) is 4.57 Å². The quantitative estimate of drug-likeness (QED) is 0.0211. The zero-order chi connectivity index (χ0) is 54.9. The maximum absolute atomic E-state index is 12.8. The van der Waals surface area contributed by atoms with Gasteiger partial charge in [0.25, 0.3) is 0 Å². The Morgan fingerprint density at radius 3 is 1.13 bits per heavy atom. The molecule has 9 nitrogen and oxygen atoms in total. The first-order valence-corrected chi connectivity index (χ1v) is 33.0. The van der Waals surface area contributed by atoms with E-state index in [1.54, 1.807) is 0 Å². The van der Waals surface area contributed by atoms with Crippen molar-refractivity contribution < 1.29 is 42.1 Å². The van der Waals surface area contributed by atoms with Crippen molar-refractivity contribution in [3.63, 3.8) is 0 Å². The molecule has 0 aromatic heterocycles. The first-order valence-electron chi connectivity index (χ1n) is 31.5. The smallest absolute Gasteiger partial charge is 0.462 e. The van der Waals surface area contributed by atoms with Gasteiger partial charge in [-0.05, 0) is 57.8 Å². The van der Waals surface area contributed by atoms with Crippen molar-refractivity contribution in [1.82, 2.24) is 0 Å². The zero-order valence-electron chi connectivity index (χ0n) is 49.8. The van der Waals surface area contributed by atoms with E-state index in [4.69, 9.17) is 18.5 Å². The average Bonchev–Trinajstić information content (AvgIpc) is 3.37. The van der Waals surface area contributed by atoms with Crippen LogP contribution < -0.4 is 0 Å². The van der Waals surface area contributed by atoms with Gasteiger partial charge >= 0.3 is 19.8 Å². The predicted octanol–water partition coefficient (Wildman–Crippen LogP) is 19.9. The zero-order valence-corrected chi connectivity index (χ0v) is 50.7. The summed E-state index contributed by atoms with van der Waals surface area (Å²) in [5.41, 5.74) is 0. The minimum atomic E-state index is -4.39. The summed E-state index contributed by atoms with van der Waals surface area (Å²) in [4.78, 5) is 35.7. The third-order valence-electron chi connectivity index (χ3n) is 13.8. The summed E-state index contributed by atoms with van der Waals surface area (Å²) in [6.07, 6.45) is 73.0. The van der Waals surface area contributed by atoms with Crippen molar-refractivity contribution in [3.05, 3.63) is 60.8 Å². The average molecular weight is 1080 g/mol. The van der Waals surface area contributed by atoms with Gasteiger partial charge in [0.05, 0.1) is 27.7 Å². The summed E-state index contributed by atoms with van der Waals surface area (Å²) in [6, 6.07) is 0. The standard InChI is InChI=1S/C65H120NO8P/c1-6-8-10-12-14-16-18-20-22-24-26-27-28-29-30-31-32-33-34-35-36-37-38-39-40-42-44-46-48-50-52-54-56-58-65(68)74-63(62-73-75(69,70)72-60-59-66(3,4)5)61-71-64(67)57-55-53-51-49-47-45-43-41-25-23-21-19-17-15-13-11-9-7-2/h8,10,14,16,20,22,26-27,29-30,63H,6-7,9,11-13,15,17-19,21,23-25,28,31-62H2,1-5H3/p+1/b10-8-,16-14-,22-20-,27-26-,30-29-. The number of likely N-dealkylation sites (N-methyl/N-ethyl adjacent to an activating group) is 1. The van der Waals surface area contributed by atoms with Crippen LogP contribution in [0.15, 0.2) is 60.8 Å². The second-order valence-electron chi connectivity index (χ2n) is 22.4. The highest BCUT2D eigenvalue weighted by Gasteiger charge is 2.27. The largest absolute Gasteiger partial charge is 0.472 e. The Hall–Kier alpha value is -2.29. The predicted molar refractivity (Wildman–Crippen MR) is 321 cm³/mol. The number of hydrogen-bond acceptors (Lipinski definition) is 7. The maximum Gasteiger partial charge on any atom is 0.472 e. The summed E-state index contributed by atoms with van der Waals surface area (Å²) in [5, 5.41) is 0. The van der Waals surface area contributed by atoms with E-state index in [-0.39, 0.29) is 25.6 Å². The molecule has 1 N–H and O–H groups in total. The number of phosphoric acid groups is 1. The van der Waals surface area contributed by atoms with E-state index in [2.05, 4.69) is 74.6 Å². The molecule has 2 atom stereocenters. The van der Waals surface area contributed by atoms with Gasteiger partial charge in [-0.3, -0.25) is 18.6 Å². The third-order valence-corrected chi connectivity index (χ3v) is 14.8. The van der Waals surface area contributed by atoms with E-state index in [0.29, 0.717) is 23.9 Å². The highest BCUT2D eigenvalue weighted by molar-refractivity contribution is 7.47. The van der Waals surface area contributed by atoms with Crippen LogP contribution in [0.1, 0.15) is 290 Å². The molecule has 0 aliphatic heterocycles. The van der Waals surface area contributed by atoms with Crippen LogP contribution in [0.5, 0.6) is 0 Å². The second kappa shape index (κ2) is 56.4. The van der Waals surface area contributed by atoms with Crippen LogP contribution in [0.3, 0.4) is 0 Å². The van der Waals surface area contributed by atoms with Gasteiger partial charge in [-0.2, -0.15) is 0 Å². The van der Waals surface area contributed by atoms with Gasteiger partial charge in [0, 0.05) is 12.8 Å². The lowest BCUT2D eigenvalue weighted by molar-refractivity contribution is -0.870. The van der Waals surface area contributed by atoms with Crippen LogP contribution in [0.2, 0.25) is 0 Å². The highest BCUT2D eigenvalue weighted by Crippen LogP contribution is 2.43. The Bertz CT molecular complexity index is 1450. The Morgan fingerprint density at radius 2 is 0.760 bits per heavy atom. The van der Waals surface area contributed by atoms with E-state index in [0.717, 1.165) is 64.2 Å². The molecule has 0 aromatic rings. The Balaban J connectivity index is 4.03. The summed E-state index contributed by atoms with van der Waals surface area (Å²) < 4.78 is 34.6. The van der Waals surface area contributed by atoms with E-state index in [9.17, 15) is 19.0 Å². The van der Waals surface area contributed by atoms with E-state index < -0.39 is 26.5 Å². The van der Waals surface area contributed by atoms with E-state index in [1.807, 2.05) is 21.1 Å². The van der Waals surface area contributed by atoms with Crippen LogP contribution in [-0.4, -0.2) is 74.9 Å². The van der Waals surface area contributed by atoms with Gasteiger partial charge in [0.2, 0.25) is 0 Å². The SMILES string of the molecule is CC/C=C\C/C=C\C/C=C\C/C=C\C/C=C\CCCCCCCCCCCCCCCCCCCC(=O)OC(COC(=O)CCCCCCCCCCCCCCCCCCCC)COP(=O)(O)OCC[N+](C)(C)C. The molecule has 0 saturated heterocycles. The van der Waals surface area contributed by atoms with Crippen LogP contribution in [0.25, 0.3) is 0 Å². The molecule has 438 valence electrons. The summed E-state index contributed by atoms with van der Waals surface area (Å²) in [7, 11) is 1.49. The van der Waals surface area contributed by atoms with Crippen LogP contribution in [0.4, 0.5) is 0 Å². The normalized spacial score (nSPS) is 13.6. The Kier molecular flexibility index (Phi) is 54.7. The van der Waals surface area contributed by atoms with Gasteiger partial charge in [-0.1, -0.05) is 280 Å². The first-order chi connectivity index (χ1) is 36.5. The minimum Gasteiger partial charge on any atom is -0.462 e. The molecule has 0 aliphatic rings. The number of unbranched alkanes of at least 4 members (excludes halogenated alkanes) is 34. The van der Waals surface area contributed by atoms with Crippen LogP contribution in [0, 0.1) is 0 Å². The van der Waals surface area contributed by atoms with E-state index in [1.165, 1.54) is 193 Å². The number of hydrogen-bond donors (Lipinski definition) is 1. The maximum atomic E-state index is 12.8. The molecule has 0 radical (unpaired) electrons. The second-order valence-corrected chi connectivity index (χ2v) is 23.9. The van der Waals surface area contributed by atoms with Crippen molar-refractivity contribution in [3.8, 4) is 0 Å². The van der Waals surface area contributed by atoms with E-state index >= 15 is 0 Å². The molecule has 0 heterocycles. The third kappa shape index (κ3) is 60.8. The minimum absolute atomic E-state index is 0.0331. The van der Waals surface area contributed by atoms with Gasteiger partial charge in [0.1, 0.15) is 19.8 Å². The number of quaternary nitrogens is 1. The lowest BCUT2D eigenvalue weighted by Gasteiger charge is -2.24. The molecule has 75 heavy (non-hydrogen) atoms. The van der Waals surface area contributed by atoms with Crippen molar-refractivity contribution >= 4 is 19.8 Å². The van der Waals surface area contributed by atoms with Crippen LogP contribution in [-0.2, 0) is 32.7 Å². The summed E-state index contributed by atoms with van der Waals surface area (Å²) >= 11 is 0. The Labute approximate surface area is 464 Å². The molecular weight excluding hydrogens is 954 g/mol. The molecule has 0 amide bonds. The van der Waals surface area contributed by atoms with Gasteiger partial charge < -0.3 is 18.9 Å². The monoisotopic (exact) mass is 1070 g/mol. The van der Waals surface area contributed by atoms with Gasteiger partial charge in [0.15, 0.2) is 6.10 Å². The number of esters is 2. The fourth-order valence-electron chi connectivity index (χ4n) is 8.99. The van der Waals surface area contributed by atoms with Crippen LogP contribution >= 0.6 is 7.82 Å². The lowest BCUT2D eigenvalue weighted by atomic mass is 10.0. The summed E-state index contributed by atoms with van der Waals surface area (Å²) in [5.74, 6) is -0.783. The van der Waals surface area contributed by atoms with Crippen molar-refractivity contribution in [2.45, 2.75) is 296 Å². The molecule has 0 spiro atoms. The number of nitrogens with zero attached hydrogens (tertiary/aromatic N) is 1. The van der Waals surface area contributed by atoms with Crippen molar-refractivity contribution in [2.24, 2.45) is 0 Å². The molecule has 2 unspecified atom stereocenters. The fourth-order valence-corrected chi connectivity index (χ4v) is 9.73. The topological polar surface area (TPSA) is 108 Å². The summed E-state index contributed by atoms with van der Waals surface area (Å²) in [6.45, 7) is 4.36. The number of allylic oxidation sites excluding steroid dienone is 10. The highest BCUT2D eigenvalue weighted by atomic mass is 31.2. The van der Waals surface area contributed by atoms with Crippen molar-refractivity contribution in [1.29, 1.82) is 0 Å².